The van der Waals surface area contributed by atoms with Crippen LogP contribution in [-0.4, -0.2) is 22.5 Å². The molecule has 1 saturated carbocycles. The molecular weight excluding hydrogens is 276 g/mol. The van der Waals surface area contributed by atoms with Crippen molar-refractivity contribution in [3.8, 4) is 17.3 Å². The number of nitrogens with one attached hydrogen (secondary N) is 1. The quantitative estimate of drug-likeness (QED) is 0.935. The summed E-state index contributed by atoms with van der Waals surface area (Å²) in [4.78, 5) is 0. The normalized spacial score (nSPS) is 17.1. The van der Waals surface area contributed by atoms with E-state index in [2.05, 4.69) is 33.6 Å². The van der Waals surface area contributed by atoms with Gasteiger partial charge >= 0.3 is 0 Å². The number of hydrogen-bond acceptors (Lipinski definition) is 4. The van der Waals surface area contributed by atoms with Crippen molar-refractivity contribution in [3.05, 3.63) is 35.5 Å². The summed E-state index contributed by atoms with van der Waals surface area (Å²) in [6, 6.07) is 10.2. The Bertz CT molecular complexity index is 667. The van der Waals surface area contributed by atoms with E-state index in [1.807, 2.05) is 12.1 Å². The van der Waals surface area contributed by atoms with Gasteiger partial charge in [0.15, 0.2) is 5.69 Å². The standard InChI is InChI=1S/C17H20N4O/c1-22-17(12-6-3-2-4-7-12)14-9-5-8-13(10-14)16-15(11-18)19-21-20-16/h5,8-10,12,17H,2-4,6-7H2,1H3,(H,19,20,21). The van der Waals surface area contributed by atoms with Crippen LogP contribution in [0.2, 0.25) is 0 Å². The van der Waals surface area contributed by atoms with E-state index in [4.69, 9.17) is 10.00 Å². The van der Waals surface area contributed by atoms with Crippen LogP contribution in [0.1, 0.15) is 49.5 Å². The topological polar surface area (TPSA) is 74.6 Å². The summed E-state index contributed by atoms with van der Waals surface area (Å²) in [6.07, 6.45) is 6.44. The zero-order valence-electron chi connectivity index (χ0n) is 12.7. The molecule has 1 aromatic heterocycles. The summed E-state index contributed by atoms with van der Waals surface area (Å²) in [5.74, 6) is 0.571. The minimum Gasteiger partial charge on any atom is -0.376 e. The van der Waals surface area contributed by atoms with Gasteiger partial charge in [-0.2, -0.15) is 5.26 Å². The minimum atomic E-state index is 0.109. The third kappa shape index (κ3) is 2.88. The fourth-order valence-electron chi connectivity index (χ4n) is 3.41. The van der Waals surface area contributed by atoms with E-state index < -0.39 is 0 Å². The summed E-state index contributed by atoms with van der Waals surface area (Å²) >= 11 is 0. The molecule has 0 amide bonds. The van der Waals surface area contributed by atoms with E-state index in [-0.39, 0.29) is 6.10 Å². The number of aromatic nitrogens is 3. The first-order chi connectivity index (χ1) is 10.8. The maximum Gasteiger partial charge on any atom is 0.163 e. The molecule has 1 fully saturated rings. The van der Waals surface area contributed by atoms with Crippen molar-refractivity contribution < 1.29 is 4.74 Å². The van der Waals surface area contributed by atoms with Crippen LogP contribution in [-0.2, 0) is 4.74 Å². The summed E-state index contributed by atoms with van der Waals surface area (Å²) < 4.78 is 5.80. The molecule has 1 N–H and O–H groups in total. The molecule has 5 heteroatoms. The van der Waals surface area contributed by atoms with Crippen LogP contribution < -0.4 is 0 Å². The lowest BCUT2D eigenvalue weighted by Gasteiger charge is -2.29. The largest absolute Gasteiger partial charge is 0.376 e. The third-order valence-corrected chi connectivity index (χ3v) is 4.48. The molecule has 1 aliphatic rings. The van der Waals surface area contributed by atoms with Gasteiger partial charge in [0.25, 0.3) is 0 Å². The van der Waals surface area contributed by atoms with Gasteiger partial charge < -0.3 is 4.74 Å². The van der Waals surface area contributed by atoms with Crippen molar-refractivity contribution in [2.24, 2.45) is 5.92 Å². The Morgan fingerprint density at radius 3 is 2.86 bits per heavy atom. The minimum absolute atomic E-state index is 0.109. The highest BCUT2D eigenvalue weighted by Gasteiger charge is 2.25. The van der Waals surface area contributed by atoms with Crippen molar-refractivity contribution in [2.45, 2.75) is 38.2 Å². The Morgan fingerprint density at radius 1 is 1.32 bits per heavy atom. The maximum absolute atomic E-state index is 9.11. The number of H-pyrrole nitrogens is 1. The zero-order valence-corrected chi connectivity index (χ0v) is 12.7. The van der Waals surface area contributed by atoms with Crippen molar-refractivity contribution in [1.29, 1.82) is 5.26 Å². The molecule has 0 spiro atoms. The second-order valence-electron chi connectivity index (χ2n) is 5.83. The van der Waals surface area contributed by atoms with Crippen LogP contribution in [0.15, 0.2) is 24.3 Å². The number of methoxy groups -OCH3 is 1. The van der Waals surface area contributed by atoms with Crippen molar-refractivity contribution in [3.63, 3.8) is 0 Å². The van der Waals surface area contributed by atoms with E-state index in [1.165, 1.54) is 32.1 Å². The highest BCUT2D eigenvalue weighted by atomic mass is 16.5. The van der Waals surface area contributed by atoms with Gasteiger partial charge in [0.05, 0.1) is 6.10 Å². The molecule has 0 saturated heterocycles. The number of ether oxygens (including phenoxy) is 1. The Kier molecular flexibility index (Phi) is 4.50. The highest BCUT2D eigenvalue weighted by Crippen LogP contribution is 2.37. The molecule has 22 heavy (non-hydrogen) atoms. The van der Waals surface area contributed by atoms with Crippen LogP contribution in [0, 0.1) is 17.2 Å². The van der Waals surface area contributed by atoms with Crippen LogP contribution in [0.3, 0.4) is 0 Å². The van der Waals surface area contributed by atoms with E-state index in [1.54, 1.807) is 7.11 Å². The average Bonchev–Trinajstić information content (AvgIpc) is 3.05. The molecule has 2 aromatic rings. The van der Waals surface area contributed by atoms with Crippen LogP contribution in [0.4, 0.5) is 0 Å². The lowest BCUT2D eigenvalue weighted by Crippen LogP contribution is -2.18. The Hall–Kier alpha value is -2.19. The Labute approximate surface area is 130 Å². The van der Waals surface area contributed by atoms with Gasteiger partial charge in [0.2, 0.25) is 0 Å². The van der Waals surface area contributed by atoms with Crippen molar-refractivity contribution in [2.75, 3.05) is 7.11 Å². The SMILES string of the molecule is COC(c1cccc(-c2nn[nH]c2C#N)c1)C1CCCCC1. The number of rotatable bonds is 4. The number of aromatic amines is 1. The maximum atomic E-state index is 9.11. The third-order valence-electron chi connectivity index (χ3n) is 4.48. The van der Waals surface area contributed by atoms with Crippen molar-refractivity contribution >= 4 is 0 Å². The molecule has 0 bridgehead atoms. The fourth-order valence-corrected chi connectivity index (χ4v) is 3.41. The number of benzene rings is 1. The van der Waals surface area contributed by atoms with Crippen LogP contribution in [0.25, 0.3) is 11.3 Å². The Morgan fingerprint density at radius 2 is 2.14 bits per heavy atom. The smallest absolute Gasteiger partial charge is 0.163 e. The molecule has 1 heterocycles. The van der Waals surface area contributed by atoms with E-state index in [0.717, 1.165) is 11.1 Å². The second-order valence-corrected chi connectivity index (χ2v) is 5.83. The average molecular weight is 296 g/mol. The first kappa shape index (κ1) is 14.7. The van der Waals surface area contributed by atoms with Gasteiger partial charge in [-0.25, -0.2) is 5.10 Å². The lowest BCUT2D eigenvalue weighted by molar-refractivity contribution is 0.0354. The van der Waals surface area contributed by atoms with E-state index in [0.29, 0.717) is 17.3 Å². The molecule has 3 rings (SSSR count). The summed E-state index contributed by atoms with van der Waals surface area (Å²) in [6.45, 7) is 0. The van der Waals surface area contributed by atoms with Gasteiger partial charge in [0, 0.05) is 12.7 Å². The predicted octanol–water partition coefficient (Wildman–Crippen LogP) is 3.61. The monoisotopic (exact) mass is 296 g/mol. The second kappa shape index (κ2) is 6.71. The van der Waals surface area contributed by atoms with E-state index in [9.17, 15) is 0 Å². The molecule has 0 radical (unpaired) electrons. The first-order valence-corrected chi connectivity index (χ1v) is 7.77. The van der Waals surface area contributed by atoms with Crippen molar-refractivity contribution in [1.82, 2.24) is 15.4 Å². The summed E-state index contributed by atoms with van der Waals surface area (Å²) in [5, 5.41) is 19.5. The van der Waals surface area contributed by atoms with Gasteiger partial charge in [-0.05, 0) is 30.4 Å². The predicted molar refractivity (Wildman–Crippen MR) is 82.9 cm³/mol. The molecular formula is C17H20N4O. The fraction of sp³-hybridized carbons (Fsp3) is 0.471. The molecule has 114 valence electrons. The molecule has 1 aliphatic carbocycles. The Balaban J connectivity index is 1.91. The summed E-state index contributed by atoms with van der Waals surface area (Å²) in [5.41, 5.74) is 3.05. The number of hydrogen-bond donors (Lipinski definition) is 1. The van der Waals surface area contributed by atoms with E-state index >= 15 is 0 Å². The molecule has 1 atom stereocenters. The molecule has 1 aromatic carbocycles. The number of nitriles is 1. The van der Waals surface area contributed by atoms with Gasteiger partial charge in [-0.15, -0.1) is 5.10 Å². The molecule has 0 aliphatic heterocycles. The summed E-state index contributed by atoms with van der Waals surface area (Å²) in [7, 11) is 1.78. The van der Waals surface area contributed by atoms with Gasteiger partial charge in [-0.3, -0.25) is 0 Å². The molecule has 1 unspecified atom stereocenters. The van der Waals surface area contributed by atoms with Crippen LogP contribution in [0.5, 0.6) is 0 Å². The first-order valence-electron chi connectivity index (χ1n) is 7.77. The molecule has 5 nitrogen and oxygen atoms in total. The van der Waals surface area contributed by atoms with Crippen LogP contribution >= 0.6 is 0 Å². The van der Waals surface area contributed by atoms with Gasteiger partial charge in [0.1, 0.15) is 11.8 Å². The highest BCUT2D eigenvalue weighted by molar-refractivity contribution is 5.64. The number of nitrogens with zero attached hydrogens (tertiary/aromatic N) is 3. The zero-order chi connectivity index (χ0) is 15.4. The lowest BCUT2D eigenvalue weighted by atomic mass is 9.82. The van der Waals surface area contributed by atoms with Gasteiger partial charge in [-0.1, -0.05) is 42.7 Å².